The molecule has 0 amide bonds. The van der Waals surface area contributed by atoms with Gasteiger partial charge in [-0.15, -0.1) is 5.14 Å². The van der Waals surface area contributed by atoms with Crippen molar-refractivity contribution in [2.24, 2.45) is 5.14 Å². The van der Waals surface area contributed by atoms with Crippen LogP contribution in [0.5, 0.6) is 0 Å². The van der Waals surface area contributed by atoms with E-state index in [0.717, 1.165) is 0 Å². The molecule has 0 aliphatic heterocycles. The molecule has 1 atom stereocenters. The summed E-state index contributed by atoms with van der Waals surface area (Å²) in [6, 6.07) is 4.42. The van der Waals surface area contributed by atoms with Crippen LogP contribution < -0.4 is 5.14 Å². The molecule has 2 N–H and O–H groups in total. The van der Waals surface area contributed by atoms with Gasteiger partial charge in [-0.1, -0.05) is 11.6 Å². The summed E-state index contributed by atoms with van der Waals surface area (Å²) in [5.74, 6) is 0. The molecule has 3 nitrogen and oxygen atoms in total. The Morgan fingerprint density at radius 1 is 1.58 bits per heavy atom. The van der Waals surface area contributed by atoms with Crippen LogP contribution in [-0.4, -0.2) is 10.8 Å². The number of nitrogens with two attached hydrogens (primary N) is 1. The van der Waals surface area contributed by atoms with Crippen molar-refractivity contribution in [3.8, 4) is 0 Å². The topological polar surface area (TPSA) is 66.2 Å². The van der Waals surface area contributed by atoms with Crippen LogP contribution in [0.2, 0.25) is 5.02 Å². The fraction of sp³-hybridized carbons (Fsp3) is 0. The maximum Gasteiger partial charge on any atom is 0.174 e. The lowest BCUT2D eigenvalue weighted by Crippen LogP contribution is -2.12. The Hall–Kier alpha value is -0.550. The highest BCUT2D eigenvalue weighted by Gasteiger charge is 2.08. The van der Waals surface area contributed by atoms with Gasteiger partial charge in [0.1, 0.15) is 0 Å². The molecule has 64 valence electrons. The first-order valence-corrected chi connectivity index (χ1v) is 4.65. The highest BCUT2D eigenvalue weighted by atomic mass is 35.5. The third-order valence-electron chi connectivity index (χ3n) is 1.33. The summed E-state index contributed by atoms with van der Waals surface area (Å²) in [4.78, 5) is 10.8. The Morgan fingerprint density at radius 3 is 2.75 bits per heavy atom. The average molecular weight is 204 g/mol. The Balaban J connectivity index is 3.13. The molecule has 0 fully saturated rings. The normalized spacial score (nSPS) is 12.6. The third kappa shape index (κ3) is 1.98. The van der Waals surface area contributed by atoms with Crippen molar-refractivity contribution in [1.82, 2.24) is 0 Å². The molecule has 0 spiro atoms. The molecule has 0 aliphatic carbocycles. The van der Waals surface area contributed by atoms with Crippen molar-refractivity contribution >= 4 is 29.2 Å². The quantitative estimate of drug-likeness (QED) is 0.579. The zero-order valence-corrected chi connectivity index (χ0v) is 7.56. The second kappa shape index (κ2) is 3.91. The van der Waals surface area contributed by atoms with Crippen LogP contribution in [-0.2, 0) is 11.4 Å². The number of rotatable bonds is 2. The lowest BCUT2D eigenvalue weighted by molar-refractivity contribution is 0.112. The fourth-order valence-corrected chi connectivity index (χ4v) is 1.34. The van der Waals surface area contributed by atoms with Gasteiger partial charge in [-0.2, -0.15) is 0 Å². The van der Waals surface area contributed by atoms with E-state index < -0.39 is 11.4 Å². The molecule has 0 aromatic heterocycles. The van der Waals surface area contributed by atoms with Gasteiger partial charge in [-0.3, -0.25) is 4.79 Å². The number of carbonyl (C=O) groups is 1. The van der Waals surface area contributed by atoms with E-state index in [4.69, 9.17) is 16.7 Å². The van der Waals surface area contributed by atoms with Gasteiger partial charge in [0.05, 0.1) is 16.4 Å². The third-order valence-corrected chi connectivity index (χ3v) is 2.39. The van der Waals surface area contributed by atoms with Gasteiger partial charge in [0, 0.05) is 11.6 Å². The number of carbonyl (C=O) groups excluding carboxylic acids is 1. The van der Waals surface area contributed by atoms with E-state index in [-0.39, 0.29) is 0 Å². The Morgan fingerprint density at radius 2 is 2.25 bits per heavy atom. The Bertz CT molecular complexity index is 303. The van der Waals surface area contributed by atoms with E-state index >= 15 is 0 Å². The summed E-state index contributed by atoms with van der Waals surface area (Å²) in [7, 11) is 0. The van der Waals surface area contributed by atoms with E-state index in [0.29, 0.717) is 21.8 Å². The lowest BCUT2D eigenvalue weighted by atomic mass is 10.2. The van der Waals surface area contributed by atoms with Crippen molar-refractivity contribution in [3.63, 3.8) is 0 Å². The second-order valence-electron chi connectivity index (χ2n) is 2.10. The van der Waals surface area contributed by atoms with E-state index in [1.54, 1.807) is 0 Å². The summed E-state index contributed by atoms with van der Waals surface area (Å²) >= 11 is 4.06. The van der Waals surface area contributed by atoms with Gasteiger partial charge in [0.25, 0.3) is 0 Å². The monoisotopic (exact) mass is 203 g/mol. The van der Waals surface area contributed by atoms with Crippen molar-refractivity contribution < 1.29 is 9.35 Å². The first-order valence-electron chi connectivity index (χ1n) is 3.06. The number of hydrogen-bond donors (Lipinski definition) is 1. The van der Waals surface area contributed by atoms with E-state index in [2.05, 4.69) is 0 Å². The van der Waals surface area contributed by atoms with Gasteiger partial charge in [-0.25, -0.2) is 0 Å². The molecule has 1 aromatic rings. The van der Waals surface area contributed by atoms with Crippen LogP contribution >= 0.6 is 11.6 Å². The van der Waals surface area contributed by atoms with Crippen molar-refractivity contribution in [2.45, 2.75) is 4.90 Å². The molecule has 0 saturated carbocycles. The van der Waals surface area contributed by atoms with Crippen LogP contribution in [0.3, 0.4) is 0 Å². The zero-order chi connectivity index (χ0) is 9.14. The number of aldehydes is 1. The molecule has 1 unspecified atom stereocenters. The lowest BCUT2D eigenvalue weighted by Gasteiger charge is -2.03. The number of halogens is 1. The van der Waals surface area contributed by atoms with Gasteiger partial charge in [0.15, 0.2) is 11.2 Å². The Labute approximate surface area is 77.8 Å². The van der Waals surface area contributed by atoms with Gasteiger partial charge >= 0.3 is 0 Å². The van der Waals surface area contributed by atoms with E-state index in [1.807, 2.05) is 0 Å². The predicted octanol–water partition coefficient (Wildman–Crippen LogP) is 1.13. The highest BCUT2D eigenvalue weighted by molar-refractivity contribution is 7.89. The first-order chi connectivity index (χ1) is 5.65. The first kappa shape index (κ1) is 9.54. The molecule has 12 heavy (non-hydrogen) atoms. The predicted molar refractivity (Wildman–Crippen MR) is 47.4 cm³/mol. The smallest absolute Gasteiger partial charge is 0.174 e. The van der Waals surface area contributed by atoms with Crippen LogP contribution in [0.4, 0.5) is 0 Å². The minimum Gasteiger partial charge on any atom is -0.593 e. The molecule has 0 saturated heterocycles. The summed E-state index contributed by atoms with van der Waals surface area (Å²) in [5.41, 5.74) is 0.299. The van der Waals surface area contributed by atoms with Gasteiger partial charge < -0.3 is 4.55 Å². The van der Waals surface area contributed by atoms with Crippen molar-refractivity contribution in [1.29, 1.82) is 0 Å². The minimum absolute atomic E-state index is 0.299. The maximum absolute atomic E-state index is 10.8. The summed E-state index contributed by atoms with van der Waals surface area (Å²) < 4.78 is 10.8. The van der Waals surface area contributed by atoms with Crippen LogP contribution in [0.15, 0.2) is 23.1 Å². The van der Waals surface area contributed by atoms with E-state index in [1.165, 1.54) is 18.2 Å². The van der Waals surface area contributed by atoms with Gasteiger partial charge in [0.2, 0.25) is 0 Å². The van der Waals surface area contributed by atoms with Crippen molar-refractivity contribution in [3.05, 3.63) is 28.8 Å². The molecule has 0 bridgehead atoms. The maximum atomic E-state index is 10.8. The van der Waals surface area contributed by atoms with Crippen LogP contribution in [0.1, 0.15) is 10.4 Å². The largest absolute Gasteiger partial charge is 0.593 e. The van der Waals surface area contributed by atoms with E-state index in [9.17, 15) is 9.35 Å². The number of hydrogen-bond acceptors (Lipinski definition) is 3. The zero-order valence-electron chi connectivity index (χ0n) is 5.99. The number of benzene rings is 1. The van der Waals surface area contributed by atoms with Crippen LogP contribution in [0, 0.1) is 0 Å². The standard InChI is InChI=1S/C7H6ClNO2S/c8-7-2-1-6(12(9)11)3-5(7)4-10/h1-4H,9H2. The fourth-order valence-electron chi connectivity index (χ4n) is 0.737. The molecular weight excluding hydrogens is 198 g/mol. The molecule has 0 radical (unpaired) electrons. The minimum atomic E-state index is -1.57. The molecule has 0 heterocycles. The van der Waals surface area contributed by atoms with Crippen LogP contribution in [0.25, 0.3) is 0 Å². The SMILES string of the molecule is N[S+]([O-])c1ccc(Cl)c(C=O)c1. The molecule has 1 aromatic carbocycles. The molecule has 1 rings (SSSR count). The molecule has 5 heteroatoms. The molecule has 0 aliphatic rings. The summed E-state index contributed by atoms with van der Waals surface area (Å²) in [6.45, 7) is 0. The highest BCUT2D eigenvalue weighted by Crippen LogP contribution is 2.17. The van der Waals surface area contributed by atoms with Crippen molar-refractivity contribution in [2.75, 3.05) is 0 Å². The molecular formula is C7H6ClNO2S. The Kier molecular flexibility index (Phi) is 3.11. The second-order valence-corrected chi connectivity index (χ2v) is 3.57. The summed E-state index contributed by atoms with van der Waals surface area (Å²) in [6.07, 6.45) is 0.596. The summed E-state index contributed by atoms with van der Waals surface area (Å²) in [5, 5.41) is 5.43. The average Bonchev–Trinajstić information content (AvgIpc) is 2.05. The van der Waals surface area contributed by atoms with Gasteiger partial charge in [-0.05, 0) is 12.1 Å².